The highest BCUT2D eigenvalue weighted by atomic mass is 16.5. The highest BCUT2D eigenvalue weighted by Gasteiger charge is 2.63. The molecule has 0 bridgehead atoms. The number of rotatable bonds is 4. The second kappa shape index (κ2) is 4.82. The van der Waals surface area contributed by atoms with Crippen molar-refractivity contribution >= 4 is 5.91 Å². The number of methoxy groups -OCH3 is 2. The van der Waals surface area contributed by atoms with Crippen molar-refractivity contribution < 1.29 is 14.3 Å². The van der Waals surface area contributed by atoms with Crippen molar-refractivity contribution in [1.82, 2.24) is 4.90 Å². The fourth-order valence-electron chi connectivity index (χ4n) is 4.35. The third-order valence-corrected chi connectivity index (χ3v) is 5.02. The average molecular weight is 255 g/mol. The van der Waals surface area contributed by atoms with E-state index in [0.717, 1.165) is 0 Å². The zero-order chi connectivity index (χ0) is 13.5. The largest absolute Gasteiger partial charge is 0.385 e. The summed E-state index contributed by atoms with van der Waals surface area (Å²) in [6, 6.07) is 0.323. The molecule has 1 saturated heterocycles. The molecule has 1 heterocycles. The van der Waals surface area contributed by atoms with Crippen LogP contribution in [-0.2, 0) is 14.3 Å². The van der Waals surface area contributed by atoms with Crippen molar-refractivity contribution in [3.05, 3.63) is 0 Å². The number of carbonyl (C=O) groups excluding carboxylic acids is 1. The number of likely N-dealkylation sites (tertiary alicyclic amines) is 1. The summed E-state index contributed by atoms with van der Waals surface area (Å²) in [4.78, 5) is 14.5. The van der Waals surface area contributed by atoms with Crippen LogP contribution in [0.3, 0.4) is 0 Å². The van der Waals surface area contributed by atoms with E-state index < -0.39 is 5.60 Å². The Labute approximate surface area is 110 Å². The summed E-state index contributed by atoms with van der Waals surface area (Å²) < 4.78 is 10.9. The van der Waals surface area contributed by atoms with Gasteiger partial charge in [-0.1, -0.05) is 13.8 Å². The maximum Gasteiger partial charge on any atom is 0.255 e. The first-order chi connectivity index (χ1) is 8.49. The summed E-state index contributed by atoms with van der Waals surface area (Å²) >= 11 is 0. The second-order valence-electron chi connectivity index (χ2n) is 5.96. The molecular formula is C14H25NO3. The van der Waals surface area contributed by atoms with Crippen LogP contribution in [-0.4, -0.2) is 50.3 Å². The molecular weight excluding hydrogens is 230 g/mol. The molecule has 2 fully saturated rings. The minimum Gasteiger partial charge on any atom is -0.385 e. The molecule has 1 aliphatic heterocycles. The van der Waals surface area contributed by atoms with Gasteiger partial charge in [-0.25, -0.2) is 0 Å². The quantitative estimate of drug-likeness (QED) is 0.765. The van der Waals surface area contributed by atoms with E-state index in [9.17, 15) is 4.79 Å². The summed E-state index contributed by atoms with van der Waals surface area (Å²) in [5.74, 6) is 1.51. The van der Waals surface area contributed by atoms with E-state index in [1.54, 1.807) is 14.2 Å². The lowest BCUT2D eigenvalue weighted by molar-refractivity contribution is -0.152. The maximum atomic E-state index is 12.6. The van der Waals surface area contributed by atoms with E-state index in [2.05, 4.69) is 13.8 Å². The zero-order valence-corrected chi connectivity index (χ0v) is 12.1. The lowest BCUT2D eigenvalue weighted by Gasteiger charge is -2.33. The summed E-state index contributed by atoms with van der Waals surface area (Å²) in [5.41, 5.74) is -0.667. The van der Waals surface area contributed by atoms with Gasteiger partial charge in [0.25, 0.3) is 5.91 Å². The van der Waals surface area contributed by atoms with Crippen LogP contribution in [0.5, 0.6) is 0 Å². The van der Waals surface area contributed by atoms with Gasteiger partial charge >= 0.3 is 0 Å². The standard InChI is InChI=1S/C14H25NO3/c1-9-8-10(2)12-11(9)14(18-5,6-7-17-4)13(16)15(12)3/h9-12H,6-8H2,1-5H3. The van der Waals surface area contributed by atoms with Gasteiger partial charge in [-0.3, -0.25) is 4.79 Å². The van der Waals surface area contributed by atoms with Gasteiger partial charge in [-0.2, -0.15) is 0 Å². The number of fused-ring (bicyclic) bond motifs is 1. The second-order valence-corrected chi connectivity index (χ2v) is 5.96. The molecule has 4 heteroatoms. The van der Waals surface area contributed by atoms with Gasteiger partial charge in [0, 0.05) is 46.3 Å². The molecule has 0 spiro atoms. The third kappa shape index (κ3) is 1.69. The molecule has 0 aromatic carbocycles. The lowest BCUT2D eigenvalue weighted by atomic mass is 9.79. The normalized spacial score (nSPS) is 43.6. The van der Waals surface area contributed by atoms with Crippen LogP contribution in [0.1, 0.15) is 26.7 Å². The Balaban J connectivity index is 2.35. The van der Waals surface area contributed by atoms with Crippen LogP contribution in [0.25, 0.3) is 0 Å². The van der Waals surface area contributed by atoms with Crippen LogP contribution in [0, 0.1) is 17.8 Å². The van der Waals surface area contributed by atoms with Crippen LogP contribution < -0.4 is 0 Å². The van der Waals surface area contributed by atoms with Crippen LogP contribution >= 0.6 is 0 Å². The number of nitrogens with zero attached hydrogens (tertiary/aromatic N) is 1. The summed E-state index contributed by atoms with van der Waals surface area (Å²) in [5, 5.41) is 0. The fourth-order valence-corrected chi connectivity index (χ4v) is 4.35. The monoisotopic (exact) mass is 255 g/mol. The molecule has 104 valence electrons. The van der Waals surface area contributed by atoms with Gasteiger partial charge in [0.1, 0.15) is 0 Å². The number of carbonyl (C=O) groups is 1. The first kappa shape index (κ1) is 13.8. The molecule has 2 aliphatic rings. The Morgan fingerprint density at radius 2 is 2.00 bits per heavy atom. The van der Waals surface area contributed by atoms with Crippen molar-refractivity contribution in [3.8, 4) is 0 Å². The zero-order valence-electron chi connectivity index (χ0n) is 12.1. The summed E-state index contributed by atoms with van der Waals surface area (Å²) in [6.07, 6.45) is 1.83. The number of ether oxygens (including phenoxy) is 2. The Morgan fingerprint density at radius 3 is 2.56 bits per heavy atom. The van der Waals surface area contributed by atoms with Crippen molar-refractivity contribution in [2.75, 3.05) is 27.9 Å². The smallest absolute Gasteiger partial charge is 0.255 e. The van der Waals surface area contributed by atoms with Gasteiger partial charge in [-0.15, -0.1) is 0 Å². The van der Waals surface area contributed by atoms with Crippen molar-refractivity contribution in [2.45, 2.75) is 38.3 Å². The van der Waals surface area contributed by atoms with Crippen molar-refractivity contribution in [1.29, 1.82) is 0 Å². The molecule has 5 atom stereocenters. The minimum atomic E-state index is -0.667. The highest BCUT2D eigenvalue weighted by molar-refractivity contribution is 5.88. The molecule has 0 N–H and O–H groups in total. The first-order valence-electron chi connectivity index (χ1n) is 6.81. The van der Waals surface area contributed by atoms with Crippen LogP contribution in [0.4, 0.5) is 0 Å². The number of likely N-dealkylation sites (N-methyl/N-ethyl adjacent to an activating group) is 1. The van der Waals surface area contributed by atoms with E-state index in [-0.39, 0.29) is 5.91 Å². The van der Waals surface area contributed by atoms with E-state index in [1.165, 1.54) is 6.42 Å². The highest BCUT2D eigenvalue weighted by Crippen LogP contribution is 2.52. The molecule has 1 saturated carbocycles. The molecule has 0 aromatic rings. The van der Waals surface area contributed by atoms with Crippen molar-refractivity contribution in [2.24, 2.45) is 17.8 Å². The number of hydrogen-bond donors (Lipinski definition) is 0. The predicted octanol–water partition coefficient (Wildman–Crippen LogP) is 1.54. The Kier molecular flexibility index (Phi) is 3.70. The van der Waals surface area contributed by atoms with E-state index in [1.807, 2.05) is 11.9 Å². The van der Waals surface area contributed by atoms with Gasteiger partial charge in [-0.05, 0) is 18.3 Å². The molecule has 0 aromatic heterocycles. The number of amides is 1. The summed E-state index contributed by atoms with van der Waals surface area (Å²) in [6.45, 7) is 5.05. The number of hydrogen-bond acceptors (Lipinski definition) is 3. The Hall–Kier alpha value is -0.610. The summed E-state index contributed by atoms with van der Waals surface area (Å²) in [7, 11) is 5.26. The van der Waals surface area contributed by atoms with Crippen LogP contribution in [0.2, 0.25) is 0 Å². The molecule has 1 amide bonds. The Bertz CT molecular complexity index is 333. The van der Waals surface area contributed by atoms with E-state index in [0.29, 0.717) is 36.8 Å². The van der Waals surface area contributed by atoms with Gasteiger partial charge < -0.3 is 14.4 Å². The first-order valence-corrected chi connectivity index (χ1v) is 6.81. The van der Waals surface area contributed by atoms with E-state index in [4.69, 9.17) is 9.47 Å². The molecule has 4 nitrogen and oxygen atoms in total. The third-order valence-electron chi connectivity index (χ3n) is 5.02. The molecule has 5 unspecified atom stereocenters. The lowest BCUT2D eigenvalue weighted by Crippen LogP contribution is -2.47. The minimum absolute atomic E-state index is 0.135. The fraction of sp³-hybridized carbons (Fsp3) is 0.929. The topological polar surface area (TPSA) is 38.8 Å². The molecule has 1 aliphatic carbocycles. The van der Waals surface area contributed by atoms with Gasteiger partial charge in [0.2, 0.25) is 0 Å². The van der Waals surface area contributed by atoms with Crippen molar-refractivity contribution in [3.63, 3.8) is 0 Å². The Morgan fingerprint density at radius 1 is 1.33 bits per heavy atom. The SMILES string of the molecule is COCCC1(OC)C(=O)N(C)C2C(C)CC(C)C21. The van der Waals surface area contributed by atoms with Crippen LogP contribution in [0.15, 0.2) is 0 Å². The molecule has 18 heavy (non-hydrogen) atoms. The average Bonchev–Trinajstić information content (AvgIpc) is 2.76. The maximum absolute atomic E-state index is 12.6. The van der Waals surface area contributed by atoms with Gasteiger partial charge in [0.15, 0.2) is 5.60 Å². The molecule has 0 radical (unpaired) electrons. The predicted molar refractivity (Wildman–Crippen MR) is 69.2 cm³/mol. The molecule has 2 rings (SSSR count). The van der Waals surface area contributed by atoms with Gasteiger partial charge in [0.05, 0.1) is 0 Å². The van der Waals surface area contributed by atoms with E-state index >= 15 is 0 Å².